The minimum atomic E-state index is -0.640. The fourth-order valence-electron chi connectivity index (χ4n) is 3.64. The highest BCUT2D eigenvalue weighted by atomic mass is 35.5. The van der Waals surface area contributed by atoms with E-state index in [1.54, 1.807) is 17.0 Å². The van der Waals surface area contributed by atoms with Crippen molar-refractivity contribution in [3.05, 3.63) is 106 Å². The Morgan fingerprint density at radius 3 is 1.97 bits per heavy atom. The third-order valence-corrected chi connectivity index (χ3v) is 6.87. The summed E-state index contributed by atoms with van der Waals surface area (Å²) in [4.78, 5) is 28.6. The molecule has 4 nitrogen and oxygen atoms in total. The summed E-state index contributed by atoms with van der Waals surface area (Å²) in [5.74, 6) is 0.697. The molecule has 2 amide bonds. The van der Waals surface area contributed by atoms with Crippen molar-refractivity contribution in [2.45, 2.75) is 44.6 Å². The lowest BCUT2D eigenvalue weighted by Crippen LogP contribution is -2.52. The van der Waals surface area contributed by atoms with Gasteiger partial charge in [-0.25, -0.2) is 0 Å². The number of nitrogens with zero attached hydrogens (tertiary/aromatic N) is 1. The van der Waals surface area contributed by atoms with Crippen LogP contribution in [0.1, 0.15) is 30.5 Å². The maximum atomic E-state index is 13.6. The Hall–Kier alpha value is -2.47. The van der Waals surface area contributed by atoms with Gasteiger partial charge in [0.25, 0.3) is 0 Å². The van der Waals surface area contributed by atoms with Crippen LogP contribution in [-0.4, -0.2) is 34.6 Å². The van der Waals surface area contributed by atoms with Gasteiger partial charge in [-0.15, -0.1) is 11.8 Å². The van der Waals surface area contributed by atoms with Crippen molar-refractivity contribution in [2.24, 2.45) is 0 Å². The van der Waals surface area contributed by atoms with Gasteiger partial charge in [0.05, 0.1) is 5.75 Å². The number of carbonyl (C=O) groups excluding carboxylic acids is 2. The summed E-state index contributed by atoms with van der Waals surface area (Å²) >= 11 is 13.6. The molecule has 0 aliphatic carbocycles. The first kappa shape index (κ1) is 27.1. The number of nitrogens with one attached hydrogen (secondary N) is 1. The lowest BCUT2D eigenvalue weighted by atomic mass is 10.0. The molecule has 3 aromatic rings. The highest BCUT2D eigenvalue weighted by Crippen LogP contribution is 2.20. The van der Waals surface area contributed by atoms with Gasteiger partial charge in [-0.1, -0.05) is 77.8 Å². The first-order valence-electron chi connectivity index (χ1n) is 11.5. The van der Waals surface area contributed by atoms with E-state index in [1.165, 1.54) is 11.8 Å². The molecule has 3 aromatic carbocycles. The molecule has 35 heavy (non-hydrogen) atoms. The van der Waals surface area contributed by atoms with E-state index in [-0.39, 0.29) is 23.6 Å². The van der Waals surface area contributed by atoms with Gasteiger partial charge >= 0.3 is 0 Å². The van der Waals surface area contributed by atoms with Crippen LogP contribution in [0.15, 0.2) is 78.9 Å². The highest BCUT2D eigenvalue weighted by Gasteiger charge is 2.30. The van der Waals surface area contributed by atoms with Gasteiger partial charge in [-0.2, -0.15) is 0 Å². The van der Waals surface area contributed by atoms with E-state index in [4.69, 9.17) is 23.2 Å². The third kappa shape index (κ3) is 8.92. The van der Waals surface area contributed by atoms with Crippen molar-refractivity contribution in [3.8, 4) is 0 Å². The molecule has 0 heterocycles. The van der Waals surface area contributed by atoms with Crippen molar-refractivity contribution in [3.63, 3.8) is 0 Å². The molecular weight excluding hydrogens is 499 g/mol. The second kappa shape index (κ2) is 13.6. The Labute approximate surface area is 222 Å². The molecular formula is C28H30Cl2N2O2S. The van der Waals surface area contributed by atoms with Gasteiger partial charge in [-0.3, -0.25) is 9.59 Å². The topological polar surface area (TPSA) is 49.4 Å². The van der Waals surface area contributed by atoms with Crippen molar-refractivity contribution in [1.82, 2.24) is 10.2 Å². The average Bonchev–Trinajstić information content (AvgIpc) is 2.84. The Balaban J connectivity index is 1.83. The SMILES string of the molecule is CC(C)NC(=O)C(Cc1ccccc1)N(Cc1ccc(Cl)cc1)C(=O)CSCc1ccc(Cl)cc1. The molecule has 0 aromatic heterocycles. The minimum absolute atomic E-state index is 0.0347. The van der Waals surface area contributed by atoms with Crippen molar-refractivity contribution in [1.29, 1.82) is 0 Å². The summed E-state index contributed by atoms with van der Waals surface area (Å²) in [6, 6.07) is 24.1. The maximum absolute atomic E-state index is 13.6. The normalized spacial score (nSPS) is 11.8. The van der Waals surface area contributed by atoms with Gasteiger partial charge < -0.3 is 10.2 Å². The van der Waals surface area contributed by atoms with Crippen LogP contribution < -0.4 is 5.32 Å². The first-order valence-corrected chi connectivity index (χ1v) is 13.4. The van der Waals surface area contributed by atoms with Crippen LogP contribution in [0.25, 0.3) is 0 Å². The Kier molecular flexibility index (Phi) is 10.5. The Morgan fingerprint density at radius 2 is 1.40 bits per heavy atom. The summed E-state index contributed by atoms with van der Waals surface area (Å²) in [6.07, 6.45) is 0.431. The van der Waals surface area contributed by atoms with Gasteiger partial charge in [0.15, 0.2) is 0 Å². The van der Waals surface area contributed by atoms with E-state index in [0.29, 0.717) is 28.8 Å². The van der Waals surface area contributed by atoms with E-state index >= 15 is 0 Å². The van der Waals surface area contributed by atoms with Crippen molar-refractivity contribution in [2.75, 3.05) is 5.75 Å². The number of benzene rings is 3. The number of hydrogen-bond acceptors (Lipinski definition) is 3. The van der Waals surface area contributed by atoms with Gasteiger partial charge in [0, 0.05) is 34.8 Å². The monoisotopic (exact) mass is 528 g/mol. The molecule has 0 aliphatic heterocycles. The lowest BCUT2D eigenvalue weighted by Gasteiger charge is -2.32. The highest BCUT2D eigenvalue weighted by molar-refractivity contribution is 7.99. The maximum Gasteiger partial charge on any atom is 0.243 e. The summed E-state index contributed by atoms with van der Waals surface area (Å²) in [5.41, 5.74) is 3.01. The first-order chi connectivity index (χ1) is 16.8. The zero-order chi connectivity index (χ0) is 25.2. The number of thioether (sulfide) groups is 1. The molecule has 0 aliphatic rings. The largest absolute Gasteiger partial charge is 0.352 e. The number of carbonyl (C=O) groups is 2. The lowest BCUT2D eigenvalue weighted by molar-refractivity contribution is -0.139. The molecule has 184 valence electrons. The van der Waals surface area contributed by atoms with Gasteiger partial charge in [0.1, 0.15) is 6.04 Å². The van der Waals surface area contributed by atoms with E-state index in [2.05, 4.69) is 5.32 Å². The fourth-order valence-corrected chi connectivity index (χ4v) is 4.76. The number of hydrogen-bond donors (Lipinski definition) is 1. The molecule has 7 heteroatoms. The quantitative estimate of drug-likeness (QED) is 0.313. The predicted octanol–water partition coefficient (Wildman–Crippen LogP) is 6.39. The van der Waals surface area contributed by atoms with Crippen LogP contribution in [0.5, 0.6) is 0 Å². The van der Waals surface area contributed by atoms with Crippen LogP contribution in [0.2, 0.25) is 10.0 Å². The third-order valence-electron chi connectivity index (χ3n) is 5.38. The van der Waals surface area contributed by atoms with Crippen LogP contribution >= 0.6 is 35.0 Å². The molecule has 1 atom stereocenters. The van der Waals surface area contributed by atoms with E-state index < -0.39 is 6.04 Å². The number of rotatable bonds is 11. The summed E-state index contributed by atoms with van der Waals surface area (Å²) < 4.78 is 0. The second-order valence-electron chi connectivity index (χ2n) is 8.64. The van der Waals surface area contributed by atoms with E-state index in [1.807, 2.05) is 80.6 Å². The van der Waals surface area contributed by atoms with Crippen molar-refractivity contribution < 1.29 is 9.59 Å². The van der Waals surface area contributed by atoms with Crippen LogP contribution in [0.3, 0.4) is 0 Å². The van der Waals surface area contributed by atoms with E-state index in [9.17, 15) is 9.59 Å². The summed E-state index contributed by atoms with van der Waals surface area (Å²) in [7, 11) is 0. The second-order valence-corrected chi connectivity index (χ2v) is 10.5. The van der Waals surface area contributed by atoms with Crippen LogP contribution in [0, 0.1) is 0 Å². The van der Waals surface area contributed by atoms with E-state index in [0.717, 1.165) is 16.7 Å². The molecule has 0 radical (unpaired) electrons. The standard InChI is InChI=1S/C28H30Cl2N2O2S/c1-20(2)31-28(34)26(16-21-6-4-3-5-7-21)32(17-22-8-12-24(29)13-9-22)27(33)19-35-18-23-10-14-25(30)15-11-23/h3-15,20,26H,16-19H2,1-2H3,(H,31,34). The Morgan fingerprint density at radius 1 is 0.829 bits per heavy atom. The zero-order valence-electron chi connectivity index (χ0n) is 19.9. The number of amides is 2. The molecule has 0 saturated carbocycles. The van der Waals surface area contributed by atoms with Crippen LogP contribution in [-0.2, 0) is 28.3 Å². The summed E-state index contributed by atoms with van der Waals surface area (Å²) in [5, 5.41) is 4.32. The van der Waals surface area contributed by atoms with Gasteiger partial charge in [-0.05, 0) is 54.8 Å². The van der Waals surface area contributed by atoms with Gasteiger partial charge in [0.2, 0.25) is 11.8 Å². The van der Waals surface area contributed by atoms with Crippen molar-refractivity contribution >= 4 is 46.8 Å². The summed E-state index contributed by atoms with van der Waals surface area (Å²) in [6.45, 7) is 4.16. The molecule has 0 bridgehead atoms. The molecule has 1 N–H and O–H groups in total. The predicted molar refractivity (Wildman–Crippen MR) is 147 cm³/mol. The van der Waals surface area contributed by atoms with Crippen LogP contribution in [0.4, 0.5) is 0 Å². The Bertz CT molecular complexity index is 1090. The molecule has 1 unspecified atom stereocenters. The molecule has 0 saturated heterocycles. The molecule has 0 spiro atoms. The fraction of sp³-hybridized carbons (Fsp3) is 0.286. The molecule has 3 rings (SSSR count). The smallest absolute Gasteiger partial charge is 0.243 e. The number of halogens is 2. The minimum Gasteiger partial charge on any atom is -0.352 e. The molecule has 0 fully saturated rings. The zero-order valence-corrected chi connectivity index (χ0v) is 22.2. The average molecular weight is 530 g/mol.